The van der Waals surface area contributed by atoms with Gasteiger partial charge in [-0.1, -0.05) is 0 Å². The number of amides is 1. The van der Waals surface area contributed by atoms with Gasteiger partial charge in [-0.05, 0) is 31.4 Å². The van der Waals surface area contributed by atoms with Crippen molar-refractivity contribution in [2.75, 3.05) is 27.2 Å². The number of benzene rings is 1. The van der Waals surface area contributed by atoms with Crippen LogP contribution in [-0.4, -0.2) is 38.7 Å². The number of hydrogen-bond donors (Lipinski definition) is 1. The van der Waals surface area contributed by atoms with E-state index in [0.717, 1.165) is 19.3 Å². The summed E-state index contributed by atoms with van der Waals surface area (Å²) in [7, 11) is 4.56. The summed E-state index contributed by atoms with van der Waals surface area (Å²) in [5.74, 6) is 1.61. The van der Waals surface area contributed by atoms with E-state index >= 15 is 0 Å². The highest BCUT2D eigenvalue weighted by Gasteiger charge is 2.37. The van der Waals surface area contributed by atoms with Crippen LogP contribution >= 0.6 is 11.6 Å². The predicted octanol–water partition coefficient (Wildman–Crippen LogP) is 2.60. The first-order valence-electron chi connectivity index (χ1n) is 6.77. The summed E-state index contributed by atoms with van der Waals surface area (Å²) in [5, 5.41) is 3.01. The molecule has 1 N–H and O–H groups in total. The zero-order valence-corrected chi connectivity index (χ0v) is 13.3. The molecular formula is C15H20ClNO4. The first-order valence-corrected chi connectivity index (χ1v) is 7.31. The third-order valence-electron chi connectivity index (χ3n) is 3.87. The third kappa shape index (κ3) is 3.02. The van der Waals surface area contributed by atoms with E-state index in [0.29, 0.717) is 28.7 Å². The zero-order chi connectivity index (χ0) is 15.5. The normalized spacial score (nSPS) is 15.8. The van der Waals surface area contributed by atoms with Crippen LogP contribution in [0.1, 0.15) is 29.6 Å². The van der Waals surface area contributed by atoms with Crippen molar-refractivity contribution >= 4 is 17.5 Å². The fraction of sp³-hybridized carbons (Fsp3) is 0.533. The summed E-state index contributed by atoms with van der Waals surface area (Å²) in [6.45, 7) is 0. The fourth-order valence-electron chi connectivity index (χ4n) is 2.42. The van der Waals surface area contributed by atoms with Gasteiger partial charge in [0, 0.05) is 11.4 Å². The average molecular weight is 314 g/mol. The minimum absolute atomic E-state index is 0.186. The van der Waals surface area contributed by atoms with Crippen molar-refractivity contribution in [1.29, 1.82) is 0 Å². The Morgan fingerprint density at radius 1 is 1.19 bits per heavy atom. The molecule has 0 radical (unpaired) electrons. The number of methoxy groups -OCH3 is 3. The molecule has 1 aromatic rings. The molecule has 2 rings (SSSR count). The molecule has 1 aliphatic carbocycles. The maximum Gasteiger partial charge on any atom is 0.252 e. The number of halogens is 1. The Morgan fingerprint density at radius 3 is 2.10 bits per heavy atom. The first kappa shape index (κ1) is 15.8. The van der Waals surface area contributed by atoms with Crippen molar-refractivity contribution in [3.8, 4) is 17.2 Å². The van der Waals surface area contributed by atoms with Gasteiger partial charge in [0.05, 0.1) is 26.9 Å². The number of ether oxygens (including phenoxy) is 3. The van der Waals surface area contributed by atoms with E-state index in [4.69, 9.17) is 25.8 Å². The van der Waals surface area contributed by atoms with Crippen LogP contribution in [0.4, 0.5) is 0 Å². The Hall–Kier alpha value is -1.62. The van der Waals surface area contributed by atoms with Crippen LogP contribution in [0.2, 0.25) is 0 Å². The summed E-state index contributed by atoms with van der Waals surface area (Å²) >= 11 is 5.97. The van der Waals surface area contributed by atoms with Gasteiger partial charge in [-0.3, -0.25) is 4.79 Å². The summed E-state index contributed by atoms with van der Waals surface area (Å²) < 4.78 is 15.8. The predicted molar refractivity (Wildman–Crippen MR) is 80.9 cm³/mol. The Labute approximate surface area is 129 Å². The van der Waals surface area contributed by atoms with Crippen LogP contribution in [0.5, 0.6) is 17.2 Å². The van der Waals surface area contributed by atoms with Crippen LogP contribution in [0.15, 0.2) is 12.1 Å². The number of rotatable bonds is 6. The van der Waals surface area contributed by atoms with E-state index < -0.39 is 0 Å². The molecule has 21 heavy (non-hydrogen) atoms. The van der Waals surface area contributed by atoms with Gasteiger partial charge in [-0.15, -0.1) is 11.6 Å². The molecular weight excluding hydrogens is 294 g/mol. The molecule has 116 valence electrons. The summed E-state index contributed by atoms with van der Waals surface area (Å²) in [4.78, 5) is 12.4. The van der Waals surface area contributed by atoms with E-state index in [2.05, 4.69) is 5.32 Å². The average Bonchev–Trinajstić information content (AvgIpc) is 2.48. The lowest BCUT2D eigenvalue weighted by atomic mass is 9.78. The molecule has 0 atom stereocenters. The lowest BCUT2D eigenvalue weighted by Crippen LogP contribution is -2.55. The van der Waals surface area contributed by atoms with E-state index in [-0.39, 0.29) is 11.4 Å². The Morgan fingerprint density at radius 2 is 1.76 bits per heavy atom. The highest BCUT2D eigenvalue weighted by atomic mass is 35.5. The molecule has 6 heteroatoms. The molecule has 1 amide bonds. The molecule has 1 fully saturated rings. The topological polar surface area (TPSA) is 56.8 Å². The van der Waals surface area contributed by atoms with E-state index in [1.807, 2.05) is 0 Å². The molecule has 0 bridgehead atoms. The summed E-state index contributed by atoms with van der Waals surface area (Å²) in [5.41, 5.74) is 0.180. The molecule has 0 spiro atoms. The number of carbonyl (C=O) groups excluding carboxylic acids is 1. The van der Waals surface area contributed by atoms with Crippen LogP contribution in [-0.2, 0) is 0 Å². The highest BCUT2D eigenvalue weighted by molar-refractivity contribution is 6.19. The van der Waals surface area contributed by atoms with Crippen LogP contribution in [0.3, 0.4) is 0 Å². The van der Waals surface area contributed by atoms with Crippen molar-refractivity contribution in [3.63, 3.8) is 0 Å². The summed E-state index contributed by atoms with van der Waals surface area (Å²) in [6, 6.07) is 3.27. The highest BCUT2D eigenvalue weighted by Crippen LogP contribution is 2.39. The van der Waals surface area contributed by atoms with E-state index in [1.165, 1.54) is 21.3 Å². The van der Waals surface area contributed by atoms with Crippen LogP contribution < -0.4 is 19.5 Å². The van der Waals surface area contributed by atoms with Gasteiger partial charge in [0.15, 0.2) is 11.5 Å². The smallest absolute Gasteiger partial charge is 0.252 e. The second-order valence-corrected chi connectivity index (χ2v) is 5.40. The number of nitrogens with one attached hydrogen (secondary N) is 1. The van der Waals surface area contributed by atoms with Crippen molar-refractivity contribution in [2.24, 2.45) is 0 Å². The second kappa shape index (κ2) is 6.43. The Kier molecular flexibility index (Phi) is 4.83. The lowest BCUT2D eigenvalue weighted by Gasteiger charge is -2.41. The molecule has 0 aliphatic heterocycles. The standard InChI is InChI=1S/C15H20ClNO4/c1-19-11-7-10(8-12(20-2)13(11)21-3)14(18)17-15(9-16)5-4-6-15/h7-8H,4-6,9H2,1-3H3,(H,17,18). The van der Waals surface area contributed by atoms with E-state index in [9.17, 15) is 4.79 Å². The van der Waals surface area contributed by atoms with Crippen molar-refractivity contribution < 1.29 is 19.0 Å². The van der Waals surface area contributed by atoms with Crippen molar-refractivity contribution in [3.05, 3.63) is 17.7 Å². The van der Waals surface area contributed by atoms with Gasteiger partial charge in [0.25, 0.3) is 5.91 Å². The van der Waals surface area contributed by atoms with Gasteiger partial charge in [0.2, 0.25) is 5.75 Å². The molecule has 0 aromatic heterocycles. The Balaban J connectivity index is 2.28. The largest absolute Gasteiger partial charge is 0.493 e. The quantitative estimate of drug-likeness (QED) is 0.820. The Bertz CT molecular complexity index is 498. The first-order chi connectivity index (χ1) is 10.1. The van der Waals surface area contributed by atoms with Gasteiger partial charge in [-0.25, -0.2) is 0 Å². The zero-order valence-electron chi connectivity index (χ0n) is 12.5. The minimum Gasteiger partial charge on any atom is -0.493 e. The minimum atomic E-state index is -0.279. The van der Waals surface area contributed by atoms with Gasteiger partial charge in [-0.2, -0.15) is 0 Å². The van der Waals surface area contributed by atoms with E-state index in [1.54, 1.807) is 12.1 Å². The lowest BCUT2D eigenvalue weighted by molar-refractivity contribution is 0.0853. The maximum atomic E-state index is 12.4. The molecule has 1 saturated carbocycles. The molecule has 0 saturated heterocycles. The SMILES string of the molecule is COc1cc(C(=O)NC2(CCl)CCC2)cc(OC)c1OC. The number of hydrogen-bond acceptors (Lipinski definition) is 4. The van der Waals surface area contributed by atoms with Crippen molar-refractivity contribution in [1.82, 2.24) is 5.32 Å². The summed E-state index contributed by atoms with van der Waals surface area (Å²) in [6.07, 6.45) is 2.90. The third-order valence-corrected chi connectivity index (χ3v) is 4.38. The fourth-order valence-corrected chi connectivity index (χ4v) is 2.75. The molecule has 1 aromatic carbocycles. The molecule has 0 heterocycles. The molecule has 0 unspecified atom stereocenters. The van der Waals surface area contributed by atoms with Gasteiger partial charge < -0.3 is 19.5 Å². The monoisotopic (exact) mass is 313 g/mol. The van der Waals surface area contributed by atoms with Gasteiger partial charge in [0.1, 0.15) is 0 Å². The number of carbonyl (C=O) groups is 1. The van der Waals surface area contributed by atoms with Crippen molar-refractivity contribution in [2.45, 2.75) is 24.8 Å². The molecule has 1 aliphatic rings. The van der Waals surface area contributed by atoms with Crippen LogP contribution in [0, 0.1) is 0 Å². The van der Waals surface area contributed by atoms with Gasteiger partial charge >= 0.3 is 0 Å². The molecule has 5 nitrogen and oxygen atoms in total. The maximum absolute atomic E-state index is 12.4. The number of alkyl halides is 1. The van der Waals surface area contributed by atoms with Crippen LogP contribution in [0.25, 0.3) is 0 Å². The second-order valence-electron chi connectivity index (χ2n) is 5.14.